The van der Waals surface area contributed by atoms with Crippen LogP contribution in [0.3, 0.4) is 0 Å². The number of fused-ring (bicyclic) bond motifs is 5. The first-order valence-corrected chi connectivity index (χ1v) is 12.9. The maximum Gasteiger partial charge on any atom is 0.485 e. The van der Waals surface area contributed by atoms with Gasteiger partial charge in [0.1, 0.15) is 0 Å². The molecular formula is C26H44BO4. The molecule has 3 fully saturated rings. The summed E-state index contributed by atoms with van der Waals surface area (Å²) < 4.78 is 5.73. The molecule has 4 nitrogen and oxygen atoms in total. The van der Waals surface area contributed by atoms with Gasteiger partial charge in [0.15, 0.2) is 0 Å². The molecule has 175 valence electrons. The largest absolute Gasteiger partial charge is 0.485 e. The number of hydrogen-bond acceptors (Lipinski definition) is 4. The summed E-state index contributed by atoms with van der Waals surface area (Å²) in [5.74, 6) is 2.90. The first kappa shape index (κ1) is 23.8. The van der Waals surface area contributed by atoms with E-state index in [9.17, 15) is 15.2 Å². The van der Waals surface area contributed by atoms with Crippen LogP contribution in [0.15, 0.2) is 11.6 Å². The number of aliphatic hydroxyl groups is 2. The van der Waals surface area contributed by atoms with Gasteiger partial charge in [0, 0.05) is 0 Å². The highest BCUT2D eigenvalue weighted by atomic mass is 16.5. The van der Waals surface area contributed by atoms with Crippen LogP contribution in [0.4, 0.5) is 0 Å². The van der Waals surface area contributed by atoms with Crippen LogP contribution < -0.4 is 0 Å². The SMILES string of the molecule is CC(C)CC[C@@H](O)[C@H](O[B]O)C1CCC2C3CC=C4CC(O)CC[C@@]4(C)C3CC[C@]21C. The Morgan fingerprint density at radius 1 is 1.10 bits per heavy atom. The van der Waals surface area contributed by atoms with E-state index in [2.05, 4.69) is 33.8 Å². The fraction of sp³-hybridized carbons (Fsp3) is 0.923. The number of hydrogen-bond donors (Lipinski definition) is 3. The van der Waals surface area contributed by atoms with Crippen molar-refractivity contribution in [2.75, 3.05) is 0 Å². The molecule has 0 heterocycles. The highest BCUT2D eigenvalue weighted by molar-refractivity contribution is 6.15. The Hall–Kier alpha value is -0.355. The molecule has 3 saturated carbocycles. The first-order valence-electron chi connectivity index (χ1n) is 12.9. The summed E-state index contributed by atoms with van der Waals surface area (Å²) in [5, 5.41) is 30.7. The van der Waals surface area contributed by atoms with E-state index < -0.39 is 6.10 Å². The summed E-state index contributed by atoms with van der Waals surface area (Å²) in [4.78, 5) is 0. The van der Waals surface area contributed by atoms with Gasteiger partial charge in [0.2, 0.25) is 0 Å². The van der Waals surface area contributed by atoms with Crippen molar-refractivity contribution in [2.24, 2.45) is 40.4 Å². The van der Waals surface area contributed by atoms with Gasteiger partial charge in [0.25, 0.3) is 0 Å². The van der Waals surface area contributed by atoms with Gasteiger partial charge >= 0.3 is 7.69 Å². The van der Waals surface area contributed by atoms with Crippen LogP contribution in [-0.2, 0) is 4.65 Å². The van der Waals surface area contributed by atoms with Crippen LogP contribution in [0.5, 0.6) is 0 Å². The predicted molar refractivity (Wildman–Crippen MR) is 124 cm³/mol. The molecule has 3 N–H and O–H groups in total. The monoisotopic (exact) mass is 431 g/mol. The highest BCUT2D eigenvalue weighted by Gasteiger charge is 2.60. The van der Waals surface area contributed by atoms with Gasteiger partial charge in [-0.05, 0) is 105 Å². The average molecular weight is 431 g/mol. The average Bonchev–Trinajstić information content (AvgIpc) is 3.07. The smallest absolute Gasteiger partial charge is 0.429 e. The van der Waals surface area contributed by atoms with Crippen LogP contribution in [0.25, 0.3) is 0 Å². The van der Waals surface area contributed by atoms with Crippen LogP contribution in [0.2, 0.25) is 0 Å². The molecule has 0 aromatic heterocycles. The van der Waals surface area contributed by atoms with Crippen LogP contribution >= 0.6 is 0 Å². The lowest BCUT2D eigenvalue weighted by Crippen LogP contribution is -2.52. The molecule has 4 aliphatic rings. The van der Waals surface area contributed by atoms with Crippen LogP contribution in [-0.4, -0.2) is 41.2 Å². The predicted octanol–water partition coefficient (Wildman–Crippen LogP) is 4.64. The van der Waals surface area contributed by atoms with E-state index in [4.69, 9.17) is 4.65 Å². The summed E-state index contributed by atoms with van der Waals surface area (Å²) in [6, 6.07) is 0. The van der Waals surface area contributed by atoms with E-state index in [0.717, 1.165) is 52.6 Å². The third-order valence-corrected chi connectivity index (χ3v) is 10.2. The molecule has 0 saturated heterocycles. The second-order valence-electron chi connectivity index (χ2n) is 12.1. The number of aliphatic hydroxyl groups excluding tert-OH is 2. The molecule has 5 heteroatoms. The zero-order valence-electron chi connectivity index (χ0n) is 20.1. The second-order valence-corrected chi connectivity index (χ2v) is 12.1. The summed E-state index contributed by atoms with van der Waals surface area (Å²) >= 11 is 0. The number of rotatable bonds is 7. The summed E-state index contributed by atoms with van der Waals surface area (Å²) in [5.41, 5.74) is 1.93. The molecule has 4 rings (SSSR count). The topological polar surface area (TPSA) is 69.9 Å². The van der Waals surface area contributed by atoms with Gasteiger partial charge in [-0.2, -0.15) is 0 Å². The van der Waals surface area contributed by atoms with Crippen molar-refractivity contribution in [1.82, 2.24) is 0 Å². The van der Waals surface area contributed by atoms with Crippen molar-refractivity contribution in [3.05, 3.63) is 11.6 Å². The second kappa shape index (κ2) is 9.12. The standard InChI is InChI=1S/C26H44BO4/c1-16(2)5-10-23(29)24(31-27-30)22-9-8-20-19-7-6-17-15-18(28)11-13-25(17,3)21(19)12-14-26(20,22)4/h6,16,18-24,28-30H,5,7-15H2,1-4H3/t18?,19?,20?,21?,22?,23-,24-,25-,26-/m1/s1. The van der Waals surface area contributed by atoms with E-state index in [1.165, 1.54) is 24.8 Å². The highest BCUT2D eigenvalue weighted by Crippen LogP contribution is 2.67. The van der Waals surface area contributed by atoms with E-state index in [1.54, 1.807) is 0 Å². The van der Waals surface area contributed by atoms with Gasteiger partial charge in [-0.1, -0.05) is 39.3 Å². The minimum Gasteiger partial charge on any atom is -0.429 e. The van der Waals surface area contributed by atoms with Crippen molar-refractivity contribution in [3.63, 3.8) is 0 Å². The molecule has 0 bridgehead atoms. The zero-order chi connectivity index (χ0) is 22.4. The van der Waals surface area contributed by atoms with Gasteiger partial charge in [-0.3, -0.25) is 0 Å². The minimum atomic E-state index is -0.528. The Morgan fingerprint density at radius 2 is 1.87 bits per heavy atom. The Bertz CT molecular complexity index is 666. The van der Waals surface area contributed by atoms with Crippen molar-refractivity contribution >= 4 is 7.69 Å². The third kappa shape index (κ3) is 4.18. The molecular weight excluding hydrogens is 387 g/mol. The maximum absolute atomic E-state index is 11.0. The van der Waals surface area contributed by atoms with E-state index in [0.29, 0.717) is 23.7 Å². The van der Waals surface area contributed by atoms with Crippen molar-refractivity contribution < 1.29 is 19.9 Å². The molecule has 0 aromatic carbocycles. The van der Waals surface area contributed by atoms with E-state index in [-0.39, 0.29) is 29.0 Å². The van der Waals surface area contributed by atoms with Gasteiger partial charge in [-0.25, -0.2) is 0 Å². The molecule has 0 aliphatic heterocycles. The van der Waals surface area contributed by atoms with Crippen LogP contribution in [0.1, 0.15) is 91.9 Å². The third-order valence-electron chi connectivity index (χ3n) is 10.2. The minimum absolute atomic E-state index is 0.152. The Balaban J connectivity index is 1.54. The Kier molecular flexibility index (Phi) is 7.00. The summed E-state index contributed by atoms with van der Waals surface area (Å²) in [7, 11) is 0.815. The fourth-order valence-corrected chi connectivity index (χ4v) is 8.41. The van der Waals surface area contributed by atoms with Crippen molar-refractivity contribution in [3.8, 4) is 0 Å². The van der Waals surface area contributed by atoms with Gasteiger partial charge < -0.3 is 19.9 Å². The lowest BCUT2D eigenvalue weighted by atomic mass is 9.47. The summed E-state index contributed by atoms with van der Waals surface area (Å²) in [6.07, 6.45) is 11.9. The molecule has 9 atom stereocenters. The van der Waals surface area contributed by atoms with Crippen LogP contribution in [0, 0.1) is 40.4 Å². The summed E-state index contributed by atoms with van der Waals surface area (Å²) in [6.45, 7) is 9.29. The lowest BCUT2D eigenvalue weighted by molar-refractivity contribution is -0.0916. The first-order chi connectivity index (χ1) is 14.7. The normalized spacial score (nSPS) is 44.1. The molecule has 5 unspecified atom stereocenters. The molecule has 0 amide bonds. The maximum atomic E-state index is 11.0. The van der Waals surface area contributed by atoms with E-state index >= 15 is 0 Å². The molecule has 0 spiro atoms. The van der Waals surface area contributed by atoms with Crippen molar-refractivity contribution in [2.45, 2.75) is 110 Å². The number of allylic oxidation sites excluding steroid dienone is 1. The molecule has 1 radical (unpaired) electrons. The van der Waals surface area contributed by atoms with Gasteiger partial charge in [0.05, 0.1) is 18.3 Å². The van der Waals surface area contributed by atoms with E-state index in [1.807, 2.05) is 0 Å². The van der Waals surface area contributed by atoms with Crippen molar-refractivity contribution in [1.29, 1.82) is 0 Å². The molecule has 31 heavy (non-hydrogen) atoms. The fourth-order valence-electron chi connectivity index (χ4n) is 8.41. The quantitative estimate of drug-likeness (QED) is 0.406. The molecule has 4 aliphatic carbocycles. The molecule has 0 aromatic rings. The van der Waals surface area contributed by atoms with Gasteiger partial charge in [-0.15, -0.1) is 0 Å². The zero-order valence-corrected chi connectivity index (χ0v) is 20.1. The lowest BCUT2D eigenvalue weighted by Gasteiger charge is -2.58. The Morgan fingerprint density at radius 3 is 2.58 bits per heavy atom. The Labute approximate surface area is 190 Å².